The lowest BCUT2D eigenvalue weighted by Gasteiger charge is -2.32. The molecule has 1 unspecified atom stereocenters. The van der Waals surface area contributed by atoms with Gasteiger partial charge >= 0.3 is 6.18 Å². The average molecular weight is 381 g/mol. The molecule has 0 aliphatic carbocycles. The second kappa shape index (κ2) is 6.82. The van der Waals surface area contributed by atoms with E-state index < -0.39 is 32.5 Å². The summed E-state index contributed by atoms with van der Waals surface area (Å²) in [5, 5.41) is 3.22. The van der Waals surface area contributed by atoms with Gasteiger partial charge in [0.2, 0.25) is 10.0 Å². The molecule has 2 saturated heterocycles. The standard InChI is InChI=1S/C15H19F4N3O2S/c16-14-9-12(1-2-13(14)15(17,18)19)25(23,24)22-6-3-11(10-22)21-7-4-20-5-8-21/h1-2,9,11,20H,3-8,10H2. The van der Waals surface area contributed by atoms with Gasteiger partial charge < -0.3 is 5.32 Å². The zero-order valence-electron chi connectivity index (χ0n) is 13.4. The predicted octanol–water partition coefficient (Wildman–Crippen LogP) is 1.51. The molecule has 2 fully saturated rings. The van der Waals surface area contributed by atoms with Crippen molar-refractivity contribution in [3.8, 4) is 0 Å². The fourth-order valence-electron chi connectivity index (χ4n) is 3.31. The molecule has 0 aromatic heterocycles. The quantitative estimate of drug-likeness (QED) is 0.807. The summed E-state index contributed by atoms with van der Waals surface area (Å²) in [5.74, 6) is -1.58. The molecule has 0 saturated carbocycles. The first-order valence-electron chi connectivity index (χ1n) is 8.01. The van der Waals surface area contributed by atoms with Crippen molar-refractivity contribution in [2.24, 2.45) is 0 Å². The van der Waals surface area contributed by atoms with Crippen LogP contribution >= 0.6 is 0 Å². The van der Waals surface area contributed by atoms with Crippen LogP contribution in [0.2, 0.25) is 0 Å². The topological polar surface area (TPSA) is 52.7 Å². The molecule has 10 heteroatoms. The van der Waals surface area contributed by atoms with Gasteiger partial charge in [-0.25, -0.2) is 12.8 Å². The summed E-state index contributed by atoms with van der Waals surface area (Å²) in [5.41, 5.74) is -1.47. The highest BCUT2D eigenvalue weighted by molar-refractivity contribution is 7.89. The Balaban J connectivity index is 1.77. The molecular formula is C15H19F4N3O2S. The van der Waals surface area contributed by atoms with E-state index in [4.69, 9.17) is 0 Å². The number of nitrogens with zero attached hydrogens (tertiary/aromatic N) is 2. The monoisotopic (exact) mass is 381 g/mol. The Bertz CT molecular complexity index is 733. The average Bonchev–Trinajstić information content (AvgIpc) is 3.05. The van der Waals surface area contributed by atoms with E-state index in [9.17, 15) is 26.0 Å². The van der Waals surface area contributed by atoms with Crippen molar-refractivity contribution in [3.05, 3.63) is 29.6 Å². The van der Waals surface area contributed by atoms with E-state index in [0.29, 0.717) is 18.6 Å². The minimum atomic E-state index is -4.85. The molecule has 0 spiro atoms. The predicted molar refractivity (Wildman–Crippen MR) is 83.0 cm³/mol. The Morgan fingerprint density at radius 1 is 1.12 bits per heavy atom. The molecule has 140 valence electrons. The number of piperazine rings is 1. The summed E-state index contributed by atoms with van der Waals surface area (Å²) in [6.07, 6.45) is -4.20. The number of rotatable bonds is 3. The Kier molecular flexibility index (Phi) is 5.06. The third-order valence-corrected chi connectivity index (χ3v) is 6.54. The molecule has 3 rings (SSSR count). The summed E-state index contributed by atoms with van der Waals surface area (Å²) in [6.45, 7) is 3.88. The molecule has 1 N–H and O–H groups in total. The molecule has 2 aliphatic rings. The van der Waals surface area contributed by atoms with E-state index in [2.05, 4.69) is 10.2 Å². The Hall–Kier alpha value is -1.23. The number of alkyl halides is 3. The minimum Gasteiger partial charge on any atom is -0.314 e. The van der Waals surface area contributed by atoms with Crippen molar-refractivity contribution < 1.29 is 26.0 Å². The minimum absolute atomic E-state index is 0.0798. The lowest BCUT2D eigenvalue weighted by molar-refractivity contribution is -0.140. The van der Waals surface area contributed by atoms with Crippen molar-refractivity contribution in [2.45, 2.75) is 23.5 Å². The number of nitrogens with one attached hydrogen (secondary N) is 1. The van der Waals surface area contributed by atoms with Gasteiger partial charge in [0, 0.05) is 45.3 Å². The molecule has 0 bridgehead atoms. The van der Waals surface area contributed by atoms with Gasteiger partial charge in [-0.3, -0.25) is 4.90 Å². The van der Waals surface area contributed by atoms with Crippen molar-refractivity contribution >= 4 is 10.0 Å². The smallest absolute Gasteiger partial charge is 0.314 e. The van der Waals surface area contributed by atoms with Crippen molar-refractivity contribution in [1.29, 1.82) is 0 Å². The normalized spacial score (nSPS) is 23.9. The molecule has 1 aromatic rings. The first kappa shape index (κ1) is 18.6. The molecule has 2 heterocycles. The van der Waals surface area contributed by atoms with Crippen LogP contribution in [0.1, 0.15) is 12.0 Å². The van der Waals surface area contributed by atoms with Gasteiger partial charge in [0.25, 0.3) is 0 Å². The van der Waals surface area contributed by atoms with Crippen LogP contribution in [0.15, 0.2) is 23.1 Å². The summed E-state index contributed by atoms with van der Waals surface area (Å²) in [6, 6.07) is 1.83. The highest BCUT2D eigenvalue weighted by atomic mass is 32.2. The van der Waals surface area contributed by atoms with E-state index in [1.54, 1.807) is 0 Å². The summed E-state index contributed by atoms with van der Waals surface area (Å²) < 4.78 is 78.1. The van der Waals surface area contributed by atoms with Crippen LogP contribution < -0.4 is 5.32 Å². The van der Waals surface area contributed by atoms with E-state index in [1.807, 2.05) is 0 Å². The lowest BCUT2D eigenvalue weighted by atomic mass is 10.2. The van der Waals surface area contributed by atoms with Crippen LogP contribution in [0.4, 0.5) is 17.6 Å². The number of sulfonamides is 1. The maximum atomic E-state index is 13.7. The molecule has 0 radical (unpaired) electrons. The van der Waals surface area contributed by atoms with E-state index in [-0.39, 0.29) is 19.1 Å². The molecule has 0 amide bonds. The summed E-state index contributed by atoms with van der Waals surface area (Å²) in [4.78, 5) is 1.76. The lowest BCUT2D eigenvalue weighted by Crippen LogP contribution is -2.49. The number of hydrogen-bond acceptors (Lipinski definition) is 4. The zero-order valence-corrected chi connectivity index (χ0v) is 14.2. The Morgan fingerprint density at radius 3 is 2.40 bits per heavy atom. The molecule has 5 nitrogen and oxygen atoms in total. The largest absolute Gasteiger partial charge is 0.419 e. The highest BCUT2D eigenvalue weighted by Crippen LogP contribution is 2.33. The van der Waals surface area contributed by atoms with E-state index >= 15 is 0 Å². The van der Waals surface area contributed by atoms with Crippen molar-refractivity contribution in [3.63, 3.8) is 0 Å². The first-order valence-corrected chi connectivity index (χ1v) is 9.45. The maximum Gasteiger partial charge on any atom is 0.419 e. The molecule has 1 atom stereocenters. The van der Waals surface area contributed by atoms with Gasteiger partial charge in [-0.05, 0) is 24.6 Å². The third-order valence-electron chi connectivity index (χ3n) is 4.68. The summed E-state index contributed by atoms with van der Waals surface area (Å²) >= 11 is 0. The van der Waals surface area contributed by atoms with Crippen LogP contribution in [0.5, 0.6) is 0 Å². The van der Waals surface area contributed by atoms with Gasteiger partial charge in [-0.15, -0.1) is 0 Å². The number of benzene rings is 1. The number of halogens is 4. The second-order valence-corrected chi connectivity index (χ2v) is 8.17. The molecule has 25 heavy (non-hydrogen) atoms. The van der Waals surface area contributed by atoms with Gasteiger partial charge in [0.05, 0.1) is 10.5 Å². The van der Waals surface area contributed by atoms with Crippen molar-refractivity contribution in [1.82, 2.24) is 14.5 Å². The van der Waals surface area contributed by atoms with Crippen LogP contribution in [0.25, 0.3) is 0 Å². The van der Waals surface area contributed by atoms with Crippen LogP contribution in [-0.4, -0.2) is 62.9 Å². The highest BCUT2D eigenvalue weighted by Gasteiger charge is 2.38. The second-order valence-electron chi connectivity index (χ2n) is 6.23. The summed E-state index contributed by atoms with van der Waals surface area (Å²) in [7, 11) is -4.01. The van der Waals surface area contributed by atoms with Gasteiger partial charge in [-0.1, -0.05) is 0 Å². The van der Waals surface area contributed by atoms with E-state index in [0.717, 1.165) is 32.2 Å². The first-order chi connectivity index (χ1) is 11.7. The van der Waals surface area contributed by atoms with Gasteiger partial charge in [-0.2, -0.15) is 17.5 Å². The molecule has 2 aliphatic heterocycles. The fraction of sp³-hybridized carbons (Fsp3) is 0.600. The Morgan fingerprint density at radius 2 is 1.80 bits per heavy atom. The zero-order chi connectivity index (χ0) is 18.2. The van der Waals surface area contributed by atoms with Crippen LogP contribution in [-0.2, 0) is 16.2 Å². The van der Waals surface area contributed by atoms with Crippen LogP contribution in [0.3, 0.4) is 0 Å². The number of hydrogen-bond donors (Lipinski definition) is 1. The van der Waals surface area contributed by atoms with Crippen molar-refractivity contribution in [2.75, 3.05) is 39.3 Å². The molecule has 1 aromatic carbocycles. The fourth-order valence-corrected chi connectivity index (χ4v) is 4.81. The van der Waals surface area contributed by atoms with E-state index in [1.165, 1.54) is 4.31 Å². The SMILES string of the molecule is O=S(=O)(c1ccc(C(F)(F)F)c(F)c1)N1CCC(N2CCNCC2)C1. The van der Waals surface area contributed by atoms with Gasteiger partial charge in [0.15, 0.2) is 0 Å². The Labute approximate surface area is 143 Å². The third kappa shape index (κ3) is 3.81. The molecular weight excluding hydrogens is 362 g/mol. The van der Waals surface area contributed by atoms with Gasteiger partial charge in [0.1, 0.15) is 5.82 Å². The maximum absolute atomic E-state index is 13.7. The van der Waals surface area contributed by atoms with Crippen LogP contribution in [0, 0.1) is 5.82 Å².